The van der Waals surface area contributed by atoms with Crippen LogP contribution in [0.3, 0.4) is 0 Å². The molecule has 0 aliphatic carbocycles. The number of pyridine rings is 1. The summed E-state index contributed by atoms with van der Waals surface area (Å²) >= 11 is 0. The summed E-state index contributed by atoms with van der Waals surface area (Å²) in [7, 11) is 2.10. The fourth-order valence-corrected chi connectivity index (χ4v) is 6.26. The van der Waals surface area contributed by atoms with E-state index in [-0.39, 0.29) is 30.4 Å². The highest BCUT2D eigenvalue weighted by Gasteiger charge is 2.43. The van der Waals surface area contributed by atoms with Crippen molar-refractivity contribution in [1.82, 2.24) is 20.1 Å². The Bertz CT molecular complexity index is 1440. The number of aryl methyl sites for hydroxylation is 1. The number of nitrogens with zero attached hydrogens (tertiary/aromatic N) is 4. The Morgan fingerprint density at radius 1 is 0.957 bits per heavy atom. The van der Waals surface area contributed by atoms with Gasteiger partial charge >= 0.3 is 0 Å². The van der Waals surface area contributed by atoms with Crippen molar-refractivity contribution in [1.29, 1.82) is 0 Å². The van der Waals surface area contributed by atoms with Gasteiger partial charge in [-0.3, -0.25) is 24.0 Å². The summed E-state index contributed by atoms with van der Waals surface area (Å²) in [5.74, 6) is -2.16. The van der Waals surface area contributed by atoms with Crippen LogP contribution >= 0.6 is 0 Å². The third kappa shape index (κ3) is 8.26. The molecule has 2 amide bonds. The van der Waals surface area contributed by atoms with Gasteiger partial charge in [0.25, 0.3) is 5.91 Å². The lowest BCUT2D eigenvalue weighted by atomic mass is 9.83. The van der Waals surface area contributed by atoms with Gasteiger partial charge in [-0.05, 0) is 55.0 Å². The number of rotatable bonds is 13. The SMILES string of the molecule is CC(C)[C@H](CC(=O)[C@H](C)NC(=O)[C@@H](N1Cc2ccccc2C1=O)C(C)(C)C)C(=O)C(=O)CCc1ccc(N2CCN(C)CC2)nc1. The second-order valence-corrected chi connectivity index (χ2v) is 14.2. The van der Waals surface area contributed by atoms with Gasteiger partial charge in [-0.15, -0.1) is 0 Å². The zero-order valence-electron chi connectivity index (χ0n) is 28.3. The monoisotopic (exact) mass is 631 g/mol. The van der Waals surface area contributed by atoms with Crippen molar-refractivity contribution in [3.8, 4) is 0 Å². The fraction of sp³-hybridized carbons (Fsp3) is 0.556. The van der Waals surface area contributed by atoms with Gasteiger partial charge in [-0.2, -0.15) is 0 Å². The third-order valence-electron chi connectivity index (χ3n) is 9.19. The Hall–Kier alpha value is -3.92. The van der Waals surface area contributed by atoms with E-state index in [1.165, 1.54) is 0 Å². The van der Waals surface area contributed by atoms with Crippen molar-refractivity contribution in [2.24, 2.45) is 17.3 Å². The number of nitrogens with one attached hydrogen (secondary N) is 1. The molecular formula is C36H49N5O5. The molecule has 1 N–H and O–H groups in total. The van der Waals surface area contributed by atoms with Crippen LogP contribution in [0.25, 0.3) is 0 Å². The third-order valence-corrected chi connectivity index (χ3v) is 9.19. The van der Waals surface area contributed by atoms with E-state index in [0.29, 0.717) is 18.5 Å². The first-order chi connectivity index (χ1) is 21.7. The van der Waals surface area contributed by atoms with Crippen molar-refractivity contribution in [2.45, 2.75) is 79.4 Å². The molecule has 10 nitrogen and oxygen atoms in total. The largest absolute Gasteiger partial charge is 0.354 e. The van der Waals surface area contributed by atoms with Crippen molar-refractivity contribution >= 4 is 35.0 Å². The van der Waals surface area contributed by atoms with Crippen LogP contribution in [0.2, 0.25) is 0 Å². The predicted octanol–water partition coefficient (Wildman–Crippen LogP) is 3.71. The molecule has 2 aromatic rings. The average molecular weight is 632 g/mol. The molecular weight excluding hydrogens is 582 g/mol. The van der Waals surface area contributed by atoms with Gasteiger partial charge in [0.1, 0.15) is 11.9 Å². The molecule has 1 saturated heterocycles. The number of carbonyl (C=O) groups excluding carboxylic acids is 5. The van der Waals surface area contributed by atoms with Gasteiger partial charge in [-0.25, -0.2) is 4.98 Å². The number of amides is 2. The van der Waals surface area contributed by atoms with Crippen LogP contribution in [0.5, 0.6) is 0 Å². The van der Waals surface area contributed by atoms with Crippen molar-refractivity contribution < 1.29 is 24.0 Å². The summed E-state index contributed by atoms with van der Waals surface area (Å²) in [5.41, 5.74) is 1.71. The number of likely N-dealkylation sites (N-methyl/N-ethyl adjacent to an activating group) is 1. The fourth-order valence-electron chi connectivity index (χ4n) is 6.26. The first-order valence-electron chi connectivity index (χ1n) is 16.3. The van der Waals surface area contributed by atoms with E-state index in [2.05, 4.69) is 27.1 Å². The number of benzene rings is 1. The van der Waals surface area contributed by atoms with Gasteiger partial charge in [0.2, 0.25) is 11.7 Å². The van der Waals surface area contributed by atoms with Crippen LogP contribution < -0.4 is 10.2 Å². The number of carbonyl (C=O) groups is 5. The molecule has 1 fully saturated rings. The molecule has 10 heteroatoms. The molecule has 2 aliphatic rings. The lowest BCUT2D eigenvalue weighted by Crippen LogP contribution is -2.56. The number of Topliss-reactive ketones (excluding diaryl/α,β-unsaturated/α-hetero) is 3. The highest BCUT2D eigenvalue weighted by molar-refractivity contribution is 6.38. The molecule has 3 heterocycles. The zero-order valence-corrected chi connectivity index (χ0v) is 28.3. The van der Waals surface area contributed by atoms with Crippen molar-refractivity contribution in [2.75, 3.05) is 38.1 Å². The Morgan fingerprint density at radius 3 is 2.22 bits per heavy atom. The molecule has 0 saturated carbocycles. The average Bonchev–Trinajstić information content (AvgIpc) is 3.33. The molecule has 0 unspecified atom stereocenters. The predicted molar refractivity (Wildman–Crippen MR) is 177 cm³/mol. The summed E-state index contributed by atoms with van der Waals surface area (Å²) in [5, 5.41) is 2.81. The van der Waals surface area contributed by atoms with Crippen LogP contribution in [-0.2, 0) is 32.1 Å². The van der Waals surface area contributed by atoms with E-state index < -0.39 is 40.9 Å². The number of hydrogen-bond acceptors (Lipinski definition) is 8. The van der Waals surface area contributed by atoms with Crippen LogP contribution in [0.15, 0.2) is 42.6 Å². The van der Waals surface area contributed by atoms with Crippen LogP contribution in [-0.4, -0.2) is 89.3 Å². The van der Waals surface area contributed by atoms with E-state index in [0.717, 1.165) is 43.1 Å². The van der Waals surface area contributed by atoms with E-state index in [1.807, 2.05) is 58.9 Å². The number of anilines is 1. The second-order valence-electron chi connectivity index (χ2n) is 14.2. The number of fused-ring (bicyclic) bond motifs is 1. The number of piperazine rings is 1. The van der Waals surface area contributed by atoms with Gasteiger partial charge in [-0.1, -0.05) is 58.9 Å². The summed E-state index contributed by atoms with van der Waals surface area (Å²) in [6.07, 6.45) is 2.04. The molecule has 0 bridgehead atoms. The Kier molecular flexibility index (Phi) is 11.1. The lowest BCUT2D eigenvalue weighted by molar-refractivity contribution is -0.141. The smallest absolute Gasteiger partial charge is 0.255 e. The molecule has 3 atom stereocenters. The molecule has 248 valence electrons. The minimum Gasteiger partial charge on any atom is -0.354 e. The Labute approximate surface area is 272 Å². The zero-order chi connectivity index (χ0) is 33.8. The molecule has 2 aliphatic heterocycles. The summed E-state index contributed by atoms with van der Waals surface area (Å²) in [6, 6.07) is 9.50. The summed E-state index contributed by atoms with van der Waals surface area (Å²) in [6.45, 7) is 15.0. The summed E-state index contributed by atoms with van der Waals surface area (Å²) < 4.78 is 0. The van der Waals surface area contributed by atoms with E-state index in [4.69, 9.17) is 0 Å². The van der Waals surface area contributed by atoms with Gasteiger partial charge in [0.05, 0.1) is 6.04 Å². The molecule has 46 heavy (non-hydrogen) atoms. The summed E-state index contributed by atoms with van der Waals surface area (Å²) in [4.78, 5) is 77.1. The Morgan fingerprint density at radius 2 is 1.63 bits per heavy atom. The number of ketones is 3. The molecule has 1 aromatic heterocycles. The maximum absolute atomic E-state index is 13.6. The minimum atomic E-state index is -0.897. The van der Waals surface area contributed by atoms with Crippen molar-refractivity contribution in [3.05, 3.63) is 59.3 Å². The minimum absolute atomic E-state index is 0.0393. The van der Waals surface area contributed by atoms with Gasteiger partial charge in [0, 0.05) is 63.2 Å². The highest BCUT2D eigenvalue weighted by Crippen LogP contribution is 2.32. The molecule has 0 radical (unpaired) electrons. The normalized spacial score (nSPS) is 17.4. The first-order valence-corrected chi connectivity index (χ1v) is 16.3. The van der Waals surface area contributed by atoms with Crippen molar-refractivity contribution in [3.63, 3.8) is 0 Å². The van der Waals surface area contributed by atoms with E-state index in [1.54, 1.807) is 30.2 Å². The molecule has 0 spiro atoms. The second kappa shape index (κ2) is 14.7. The lowest BCUT2D eigenvalue weighted by Gasteiger charge is -2.37. The number of aromatic nitrogens is 1. The first kappa shape index (κ1) is 34.9. The van der Waals surface area contributed by atoms with E-state index >= 15 is 0 Å². The standard InChI is InChI=1S/C36H49N5O5/c1-23(2)28(32(44)29(42)14-12-25-13-15-31(37-21-25)40-18-16-39(7)17-19-40)20-30(43)24(3)38-34(45)33(36(4,5)6)41-22-26-10-8-9-11-27(26)35(41)46/h8-11,13,15,21,23-24,28,33H,12,14,16-20,22H2,1-7H3,(H,38,45)/t24-,28-,33+/m0/s1. The molecule has 1 aromatic carbocycles. The molecule has 4 rings (SSSR count). The number of hydrogen-bond donors (Lipinski definition) is 1. The van der Waals surface area contributed by atoms with Crippen LogP contribution in [0.1, 0.15) is 75.9 Å². The van der Waals surface area contributed by atoms with Gasteiger partial charge < -0.3 is 20.0 Å². The van der Waals surface area contributed by atoms with Gasteiger partial charge in [0.15, 0.2) is 11.6 Å². The van der Waals surface area contributed by atoms with E-state index in [9.17, 15) is 24.0 Å². The Balaban J connectivity index is 1.33. The highest BCUT2D eigenvalue weighted by atomic mass is 16.2. The quantitative estimate of drug-likeness (QED) is 0.333. The maximum Gasteiger partial charge on any atom is 0.255 e. The maximum atomic E-state index is 13.6. The topological polar surface area (TPSA) is 120 Å². The van der Waals surface area contributed by atoms with Crippen LogP contribution in [0, 0.1) is 17.3 Å². The van der Waals surface area contributed by atoms with Crippen LogP contribution in [0.4, 0.5) is 5.82 Å².